The molecule has 0 aromatic carbocycles. The van der Waals surface area contributed by atoms with Gasteiger partial charge >= 0.3 is 6.09 Å². The van der Waals surface area contributed by atoms with Crippen LogP contribution in [0, 0.1) is 0 Å². The first-order valence-corrected chi connectivity index (χ1v) is 6.48. The molecule has 0 aromatic rings. The molecule has 1 N–H and O–H groups in total. The number of ether oxygens (including phenoxy) is 2. The fraction of sp³-hybridized carbons (Fsp3) is 0.923. The molecule has 1 fully saturated rings. The Balaban J connectivity index is 2.81. The van der Waals surface area contributed by atoms with Crippen LogP contribution < -0.4 is 0 Å². The summed E-state index contributed by atoms with van der Waals surface area (Å²) in [6.45, 7) is 8.48. The van der Waals surface area contributed by atoms with Gasteiger partial charge < -0.3 is 14.6 Å². The maximum atomic E-state index is 13.3. The fourth-order valence-electron chi connectivity index (χ4n) is 2.11. The summed E-state index contributed by atoms with van der Waals surface area (Å²) < 4.78 is 24.2. The molecule has 0 saturated carbocycles. The number of aliphatic hydroxyl groups is 1. The fourth-order valence-corrected chi connectivity index (χ4v) is 2.11. The summed E-state index contributed by atoms with van der Waals surface area (Å²) in [7, 11) is 0. The highest BCUT2D eigenvalue weighted by Crippen LogP contribution is 2.31. The molecule has 19 heavy (non-hydrogen) atoms. The van der Waals surface area contributed by atoms with Crippen molar-refractivity contribution in [3.05, 3.63) is 0 Å². The summed E-state index contributed by atoms with van der Waals surface area (Å²) in [6.07, 6.45) is -1.85. The smallest absolute Gasteiger partial charge is 0.412 e. The summed E-state index contributed by atoms with van der Waals surface area (Å²) in [5.41, 5.74) is -1.45. The Kier molecular flexibility index (Phi) is 4.79. The van der Waals surface area contributed by atoms with E-state index >= 15 is 0 Å². The highest BCUT2D eigenvalue weighted by Gasteiger charge is 2.46. The van der Waals surface area contributed by atoms with Gasteiger partial charge in [-0.2, -0.15) is 0 Å². The van der Waals surface area contributed by atoms with E-state index in [1.165, 1.54) is 4.90 Å². The van der Waals surface area contributed by atoms with Crippen molar-refractivity contribution in [2.45, 2.75) is 64.6 Å². The Morgan fingerprint density at radius 1 is 1.58 bits per heavy atom. The van der Waals surface area contributed by atoms with Gasteiger partial charge in [0.2, 0.25) is 0 Å². The summed E-state index contributed by atoms with van der Waals surface area (Å²) >= 11 is 0. The van der Waals surface area contributed by atoms with Crippen LogP contribution in [0.4, 0.5) is 9.18 Å². The van der Waals surface area contributed by atoms with Crippen molar-refractivity contribution in [1.29, 1.82) is 0 Å². The monoisotopic (exact) mass is 277 g/mol. The van der Waals surface area contributed by atoms with Crippen LogP contribution in [-0.2, 0) is 9.47 Å². The number of amides is 1. The minimum atomic E-state index is -1.37. The average molecular weight is 277 g/mol. The van der Waals surface area contributed by atoms with Gasteiger partial charge in [-0.3, -0.25) is 4.90 Å². The number of nitrogens with zero attached hydrogens (tertiary/aromatic N) is 1. The second-order valence-corrected chi connectivity index (χ2v) is 6.28. The summed E-state index contributed by atoms with van der Waals surface area (Å²) in [6, 6.07) is -0.424. The van der Waals surface area contributed by atoms with Crippen molar-refractivity contribution in [1.82, 2.24) is 4.90 Å². The van der Waals surface area contributed by atoms with E-state index in [1.807, 2.05) is 0 Å². The van der Waals surface area contributed by atoms with Gasteiger partial charge in [-0.1, -0.05) is 0 Å². The Morgan fingerprint density at radius 2 is 2.16 bits per heavy atom. The lowest BCUT2D eigenvalue weighted by molar-refractivity contribution is -0.0634. The minimum Gasteiger partial charge on any atom is -0.444 e. The van der Waals surface area contributed by atoms with Crippen molar-refractivity contribution >= 4 is 6.09 Å². The number of hydrogen-bond acceptors (Lipinski definition) is 4. The van der Waals surface area contributed by atoms with Crippen LogP contribution in [-0.4, -0.2) is 52.9 Å². The molecule has 2 atom stereocenters. The van der Waals surface area contributed by atoms with E-state index in [9.17, 15) is 9.18 Å². The molecule has 2 unspecified atom stereocenters. The predicted molar refractivity (Wildman–Crippen MR) is 68.5 cm³/mol. The van der Waals surface area contributed by atoms with Gasteiger partial charge in [0, 0.05) is 6.42 Å². The van der Waals surface area contributed by atoms with Gasteiger partial charge in [-0.05, 0) is 34.6 Å². The largest absolute Gasteiger partial charge is 0.444 e. The van der Waals surface area contributed by atoms with Gasteiger partial charge in [0.15, 0.2) is 0 Å². The zero-order chi connectivity index (χ0) is 14.8. The van der Waals surface area contributed by atoms with E-state index in [4.69, 9.17) is 14.6 Å². The first-order chi connectivity index (χ1) is 8.57. The molecule has 0 radical (unpaired) electrons. The van der Waals surface area contributed by atoms with Crippen LogP contribution in [0.5, 0.6) is 0 Å². The Bertz CT molecular complexity index is 327. The number of hydrogen-bond donors (Lipinski definition) is 1. The number of rotatable bonds is 3. The minimum absolute atomic E-state index is 0.0408. The third-order valence-corrected chi connectivity index (χ3v) is 2.89. The van der Waals surface area contributed by atoms with Crippen molar-refractivity contribution in [3.8, 4) is 0 Å². The standard InChI is InChI=1S/C13H24FNO4/c1-12(2,3)19-11(17)15-10(6-9(14)7-16)8-18-13(15,4)5/h9-10,16H,6-8H2,1-5H3. The molecule has 1 amide bonds. The van der Waals surface area contributed by atoms with Gasteiger partial charge in [0.05, 0.1) is 19.3 Å². The van der Waals surface area contributed by atoms with E-state index in [-0.39, 0.29) is 13.0 Å². The van der Waals surface area contributed by atoms with Gasteiger partial charge in [-0.15, -0.1) is 0 Å². The molecule has 1 saturated heterocycles. The SMILES string of the molecule is CC(C)(C)OC(=O)N1C(CC(F)CO)COC1(C)C. The lowest BCUT2D eigenvalue weighted by Gasteiger charge is -2.35. The third-order valence-electron chi connectivity index (χ3n) is 2.89. The van der Waals surface area contributed by atoms with Crippen LogP contribution in [0.25, 0.3) is 0 Å². The van der Waals surface area contributed by atoms with Crippen LogP contribution in [0.3, 0.4) is 0 Å². The second kappa shape index (κ2) is 5.63. The van der Waals surface area contributed by atoms with E-state index in [2.05, 4.69) is 0 Å². The molecule has 1 aliphatic heterocycles. The lowest BCUT2D eigenvalue weighted by Crippen LogP contribution is -2.50. The van der Waals surface area contributed by atoms with Crippen LogP contribution >= 0.6 is 0 Å². The lowest BCUT2D eigenvalue weighted by atomic mass is 10.1. The number of carbonyl (C=O) groups is 1. The molecule has 5 nitrogen and oxygen atoms in total. The van der Waals surface area contributed by atoms with E-state index in [0.717, 1.165) is 0 Å². The third kappa shape index (κ3) is 4.31. The van der Waals surface area contributed by atoms with Crippen LogP contribution in [0.1, 0.15) is 41.0 Å². The predicted octanol–water partition coefficient (Wildman–Crippen LogP) is 2.08. The highest BCUT2D eigenvalue weighted by atomic mass is 19.1. The molecule has 112 valence electrons. The average Bonchev–Trinajstić information content (AvgIpc) is 2.51. The topological polar surface area (TPSA) is 59.0 Å². The van der Waals surface area contributed by atoms with Crippen LogP contribution in [0.15, 0.2) is 0 Å². The number of halogens is 1. The van der Waals surface area contributed by atoms with Crippen molar-refractivity contribution in [2.75, 3.05) is 13.2 Å². The molecular formula is C13H24FNO4. The number of alkyl halides is 1. The zero-order valence-electron chi connectivity index (χ0n) is 12.3. The molecule has 1 rings (SSSR count). The van der Waals surface area contributed by atoms with Crippen LogP contribution in [0.2, 0.25) is 0 Å². The molecular weight excluding hydrogens is 253 g/mol. The number of aliphatic hydroxyl groups excluding tert-OH is 1. The summed E-state index contributed by atoms with van der Waals surface area (Å²) in [5, 5.41) is 8.79. The molecule has 0 spiro atoms. The van der Waals surface area contributed by atoms with E-state index in [0.29, 0.717) is 0 Å². The molecule has 0 aliphatic carbocycles. The zero-order valence-corrected chi connectivity index (χ0v) is 12.3. The molecule has 1 heterocycles. The molecule has 6 heteroatoms. The van der Waals surface area contributed by atoms with Crippen molar-refractivity contribution in [2.24, 2.45) is 0 Å². The molecule has 1 aliphatic rings. The van der Waals surface area contributed by atoms with Gasteiger partial charge in [0.1, 0.15) is 17.5 Å². The Hall–Kier alpha value is -0.880. The van der Waals surface area contributed by atoms with Gasteiger partial charge in [-0.25, -0.2) is 9.18 Å². The maximum absolute atomic E-state index is 13.3. The highest BCUT2D eigenvalue weighted by molar-refractivity contribution is 5.69. The normalized spacial score (nSPS) is 24.4. The van der Waals surface area contributed by atoms with E-state index in [1.54, 1.807) is 34.6 Å². The Labute approximate surface area is 113 Å². The number of carbonyl (C=O) groups excluding carboxylic acids is 1. The maximum Gasteiger partial charge on any atom is 0.412 e. The second-order valence-electron chi connectivity index (χ2n) is 6.28. The molecule has 0 aromatic heterocycles. The quantitative estimate of drug-likeness (QED) is 0.858. The first kappa shape index (κ1) is 16.2. The Morgan fingerprint density at radius 3 is 2.63 bits per heavy atom. The summed E-state index contributed by atoms with van der Waals surface area (Å²) in [5.74, 6) is 0. The molecule has 0 bridgehead atoms. The first-order valence-electron chi connectivity index (χ1n) is 6.48. The van der Waals surface area contributed by atoms with E-state index < -0.39 is 36.2 Å². The van der Waals surface area contributed by atoms with Crippen molar-refractivity contribution in [3.63, 3.8) is 0 Å². The van der Waals surface area contributed by atoms with Crippen molar-refractivity contribution < 1.29 is 23.8 Å². The summed E-state index contributed by atoms with van der Waals surface area (Å²) in [4.78, 5) is 13.6. The van der Waals surface area contributed by atoms with Gasteiger partial charge in [0.25, 0.3) is 0 Å².